The molecular formula is C17H25FN2O3. The maximum atomic E-state index is 14.4. The van der Waals surface area contributed by atoms with Crippen LogP contribution in [0.25, 0.3) is 0 Å². The molecule has 5 nitrogen and oxygen atoms in total. The van der Waals surface area contributed by atoms with Crippen LogP contribution in [0.1, 0.15) is 38.8 Å². The van der Waals surface area contributed by atoms with Crippen LogP contribution in [0.4, 0.5) is 4.39 Å². The molecule has 1 aromatic rings. The topological polar surface area (TPSA) is 59.6 Å². The van der Waals surface area contributed by atoms with Gasteiger partial charge in [-0.3, -0.25) is 4.79 Å². The number of alkyl halides is 1. The van der Waals surface area contributed by atoms with E-state index in [-0.39, 0.29) is 19.0 Å². The first-order valence-corrected chi connectivity index (χ1v) is 8.10. The van der Waals surface area contributed by atoms with Crippen molar-refractivity contribution in [3.63, 3.8) is 0 Å². The number of rotatable bonds is 7. The molecule has 1 saturated heterocycles. The molecule has 2 atom stereocenters. The first-order chi connectivity index (χ1) is 11.0. The Labute approximate surface area is 136 Å². The average Bonchev–Trinajstić information content (AvgIpc) is 2.97. The number of carbonyl (C=O) groups is 1. The van der Waals surface area contributed by atoms with Crippen molar-refractivity contribution < 1.29 is 18.7 Å². The van der Waals surface area contributed by atoms with Crippen LogP contribution in [0.2, 0.25) is 0 Å². The van der Waals surface area contributed by atoms with Crippen LogP contribution < -0.4 is 20.1 Å². The molecule has 1 aromatic carbocycles. The molecule has 6 heteroatoms. The summed E-state index contributed by atoms with van der Waals surface area (Å²) < 4.78 is 25.5. The van der Waals surface area contributed by atoms with Crippen LogP contribution in [0.15, 0.2) is 18.2 Å². The molecule has 2 N–H and O–H groups in total. The molecule has 0 bridgehead atoms. The fourth-order valence-corrected chi connectivity index (χ4v) is 2.60. The Morgan fingerprint density at radius 1 is 1.35 bits per heavy atom. The van der Waals surface area contributed by atoms with Gasteiger partial charge in [0.1, 0.15) is 0 Å². The number of nitrogens with one attached hydrogen (secondary N) is 2. The second-order valence-corrected chi connectivity index (χ2v) is 5.66. The van der Waals surface area contributed by atoms with Crippen molar-refractivity contribution in [2.75, 3.05) is 26.3 Å². The molecule has 1 aliphatic rings. The molecule has 1 heterocycles. The molecule has 0 radical (unpaired) electrons. The molecule has 2 rings (SSSR count). The summed E-state index contributed by atoms with van der Waals surface area (Å²) in [4.78, 5) is 12.1. The second-order valence-electron chi connectivity index (χ2n) is 5.66. The van der Waals surface area contributed by atoms with Crippen molar-refractivity contribution in [3.05, 3.63) is 23.8 Å². The van der Waals surface area contributed by atoms with Crippen molar-refractivity contribution in [3.8, 4) is 11.5 Å². The summed E-state index contributed by atoms with van der Waals surface area (Å²) in [5.74, 6) is 0.728. The first-order valence-electron chi connectivity index (χ1n) is 8.10. The van der Waals surface area contributed by atoms with Crippen LogP contribution in [0.3, 0.4) is 0 Å². The van der Waals surface area contributed by atoms with Gasteiger partial charge in [-0.2, -0.15) is 0 Å². The van der Waals surface area contributed by atoms with Gasteiger partial charge in [-0.15, -0.1) is 0 Å². The minimum atomic E-state index is -1.82. The Morgan fingerprint density at radius 2 is 2.04 bits per heavy atom. The van der Waals surface area contributed by atoms with Gasteiger partial charge in [0.15, 0.2) is 11.5 Å². The third kappa shape index (κ3) is 4.13. The normalized spacial score (nSPS) is 21.7. The standard InChI is InChI=1S/C17H25FN2O3/c1-4-22-14-7-6-13(10-15(14)23-5-2)12(3)20-16(21)17(18)8-9-19-11-17/h6-7,10,12,19H,4-5,8-9,11H2,1-3H3,(H,20,21)/t12-,17+/m1/s1. The third-order valence-electron chi connectivity index (χ3n) is 3.93. The zero-order chi connectivity index (χ0) is 16.9. The zero-order valence-corrected chi connectivity index (χ0v) is 13.9. The number of benzene rings is 1. The maximum Gasteiger partial charge on any atom is 0.259 e. The Bertz CT molecular complexity index is 545. The number of hydrogen-bond donors (Lipinski definition) is 2. The van der Waals surface area contributed by atoms with E-state index in [2.05, 4.69) is 10.6 Å². The van der Waals surface area contributed by atoms with Gasteiger partial charge >= 0.3 is 0 Å². The van der Waals surface area contributed by atoms with E-state index in [1.165, 1.54) is 0 Å². The molecule has 0 aliphatic carbocycles. The number of halogens is 1. The van der Waals surface area contributed by atoms with Gasteiger partial charge in [0.25, 0.3) is 5.91 Å². The molecule has 128 valence electrons. The SMILES string of the molecule is CCOc1ccc([C@@H](C)NC(=O)[C@]2(F)CCNC2)cc1OCC. The van der Waals surface area contributed by atoms with E-state index in [1.807, 2.05) is 39.0 Å². The van der Waals surface area contributed by atoms with Crippen molar-refractivity contribution in [1.29, 1.82) is 0 Å². The number of carbonyl (C=O) groups excluding carboxylic acids is 1. The van der Waals surface area contributed by atoms with Gasteiger partial charge in [0.2, 0.25) is 5.67 Å². The van der Waals surface area contributed by atoms with Crippen LogP contribution in [0, 0.1) is 0 Å². The predicted octanol–water partition coefficient (Wildman–Crippen LogP) is 2.36. The van der Waals surface area contributed by atoms with Crippen LogP contribution in [-0.2, 0) is 4.79 Å². The second kappa shape index (κ2) is 7.64. The summed E-state index contributed by atoms with van der Waals surface area (Å²) in [6.07, 6.45) is 0.207. The van der Waals surface area contributed by atoms with Gasteiger partial charge in [0, 0.05) is 13.0 Å². The fraction of sp³-hybridized carbons (Fsp3) is 0.588. The molecule has 0 saturated carbocycles. The van der Waals surface area contributed by atoms with E-state index in [9.17, 15) is 9.18 Å². The van der Waals surface area contributed by atoms with E-state index in [1.54, 1.807) is 0 Å². The number of hydrogen-bond acceptors (Lipinski definition) is 4. The monoisotopic (exact) mass is 324 g/mol. The summed E-state index contributed by atoms with van der Waals surface area (Å²) in [5, 5.41) is 5.63. The summed E-state index contributed by atoms with van der Waals surface area (Å²) in [6.45, 7) is 7.28. The molecule has 23 heavy (non-hydrogen) atoms. The van der Waals surface area contributed by atoms with Crippen molar-refractivity contribution in [1.82, 2.24) is 10.6 Å². The van der Waals surface area contributed by atoms with Crippen LogP contribution in [-0.4, -0.2) is 37.9 Å². The molecule has 1 fully saturated rings. The number of amides is 1. The lowest BCUT2D eigenvalue weighted by molar-refractivity contribution is -0.132. The molecule has 0 unspecified atom stereocenters. The van der Waals surface area contributed by atoms with Gasteiger partial charge in [0.05, 0.1) is 19.3 Å². The molecule has 0 aromatic heterocycles. The minimum Gasteiger partial charge on any atom is -0.490 e. The lowest BCUT2D eigenvalue weighted by atomic mass is 10.0. The highest BCUT2D eigenvalue weighted by atomic mass is 19.1. The fourth-order valence-electron chi connectivity index (χ4n) is 2.60. The molecular weight excluding hydrogens is 299 g/mol. The summed E-state index contributed by atoms with van der Waals surface area (Å²) >= 11 is 0. The first kappa shape index (κ1) is 17.5. The highest BCUT2D eigenvalue weighted by molar-refractivity contribution is 5.86. The molecule has 0 spiro atoms. The van der Waals surface area contributed by atoms with E-state index in [0.29, 0.717) is 31.3 Å². The maximum absolute atomic E-state index is 14.4. The summed E-state index contributed by atoms with van der Waals surface area (Å²) in [6, 6.07) is 5.19. The Kier molecular flexibility index (Phi) is 5.82. The third-order valence-corrected chi connectivity index (χ3v) is 3.93. The number of ether oxygens (including phenoxy) is 2. The van der Waals surface area contributed by atoms with Crippen molar-refractivity contribution in [2.24, 2.45) is 0 Å². The van der Waals surface area contributed by atoms with Gasteiger partial charge in [-0.25, -0.2) is 4.39 Å². The van der Waals surface area contributed by atoms with Crippen molar-refractivity contribution in [2.45, 2.75) is 38.9 Å². The highest BCUT2D eigenvalue weighted by Gasteiger charge is 2.41. The smallest absolute Gasteiger partial charge is 0.259 e. The summed E-state index contributed by atoms with van der Waals surface area (Å²) in [5.41, 5.74) is -0.970. The van der Waals surface area contributed by atoms with Gasteiger partial charge in [-0.05, 0) is 45.0 Å². The lowest BCUT2D eigenvalue weighted by Gasteiger charge is -2.22. The Morgan fingerprint density at radius 3 is 2.65 bits per heavy atom. The minimum absolute atomic E-state index is 0.0685. The van der Waals surface area contributed by atoms with Crippen molar-refractivity contribution >= 4 is 5.91 Å². The van der Waals surface area contributed by atoms with E-state index in [4.69, 9.17) is 9.47 Å². The lowest BCUT2D eigenvalue weighted by Crippen LogP contribution is -2.45. The van der Waals surface area contributed by atoms with E-state index < -0.39 is 11.6 Å². The quantitative estimate of drug-likeness (QED) is 0.808. The van der Waals surface area contributed by atoms with E-state index >= 15 is 0 Å². The van der Waals surface area contributed by atoms with Crippen LogP contribution >= 0.6 is 0 Å². The van der Waals surface area contributed by atoms with Gasteiger partial charge in [-0.1, -0.05) is 6.07 Å². The Hall–Kier alpha value is -1.82. The van der Waals surface area contributed by atoms with Gasteiger partial charge < -0.3 is 20.1 Å². The Balaban J connectivity index is 2.10. The van der Waals surface area contributed by atoms with E-state index in [0.717, 1.165) is 5.56 Å². The summed E-state index contributed by atoms with van der Waals surface area (Å²) in [7, 11) is 0. The highest BCUT2D eigenvalue weighted by Crippen LogP contribution is 2.31. The largest absolute Gasteiger partial charge is 0.490 e. The predicted molar refractivity (Wildman–Crippen MR) is 86.7 cm³/mol. The zero-order valence-electron chi connectivity index (χ0n) is 13.9. The van der Waals surface area contributed by atoms with Crippen LogP contribution in [0.5, 0.6) is 11.5 Å². The average molecular weight is 324 g/mol. The molecule has 1 aliphatic heterocycles. The molecule has 1 amide bonds.